The number of carbonyl (C=O) groups excluding carboxylic acids is 1. The number of nitrogens with zero attached hydrogens (tertiary/aromatic N) is 3. The van der Waals surface area contributed by atoms with Crippen LogP contribution in [0.1, 0.15) is 17.7 Å². The maximum atomic E-state index is 12.2. The van der Waals surface area contributed by atoms with Crippen LogP contribution in [0.4, 0.5) is 4.79 Å². The van der Waals surface area contributed by atoms with E-state index >= 15 is 0 Å². The summed E-state index contributed by atoms with van der Waals surface area (Å²) in [6, 6.07) is 6.76. The van der Waals surface area contributed by atoms with Gasteiger partial charge in [0, 0.05) is 30.2 Å². The molecule has 0 radical (unpaired) electrons. The van der Waals surface area contributed by atoms with Crippen LogP contribution < -0.4 is 4.80 Å². The molecule has 0 aliphatic carbocycles. The fraction of sp³-hybridized carbons (Fsp3) is 0.333. The third kappa shape index (κ3) is 3.00. The number of phenols is 1. The van der Waals surface area contributed by atoms with Gasteiger partial charge in [0.05, 0.1) is 5.69 Å². The van der Waals surface area contributed by atoms with Crippen molar-refractivity contribution in [1.29, 1.82) is 0 Å². The molecule has 0 unspecified atom stereocenters. The van der Waals surface area contributed by atoms with Crippen molar-refractivity contribution in [3.63, 3.8) is 0 Å². The minimum Gasteiger partial charge on any atom is -0.508 e. The van der Waals surface area contributed by atoms with E-state index < -0.39 is 0 Å². The Morgan fingerprint density at radius 1 is 1.33 bits per heavy atom. The van der Waals surface area contributed by atoms with Crippen molar-refractivity contribution in [2.24, 2.45) is 4.99 Å². The number of urea groups is 1. The molecule has 110 valence electrons. The number of aromatic hydroxyl groups is 1. The van der Waals surface area contributed by atoms with E-state index in [1.54, 1.807) is 23.1 Å². The molecule has 2 aromatic rings. The predicted octanol–water partition coefficient (Wildman–Crippen LogP) is 2.67. The van der Waals surface area contributed by atoms with Gasteiger partial charge in [0.15, 0.2) is 4.80 Å². The zero-order valence-corrected chi connectivity index (χ0v) is 12.6. The quantitative estimate of drug-likeness (QED) is 0.880. The van der Waals surface area contributed by atoms with Gasteiger partial charge in [-0.15, -0.1) is 11.3 Å². The van der Waals surface area contributed by atoms with Crippen LogP contribution in [0.25, 0.3) is 5.69 Å². The van der Waals surface area contributed by atoms with Crippen LogP contribution in [0.15, 0.2) is 35.5 Å². The monoisotopic (exact) mass is 303 g/mol. The lowest BCUT2D eigenvalue weighted by Gasteiger charge is -2.10. The number of aromatic nitrogens is 1. The Kier molecular flexibility index (Phi) is 3.79. The van der Waals surface area contributed by atoms with Crippen LogP contribution >= 0.6 is 11.3 Å². The van der Waals surface area contributed by atoms with Crippen LogP contribution in [0.5, 0.6) is 5.75 Å². The summed E-state index contributed by atoms with van der Waals surface area (Å²) in [4.78, 5) is 19.9. The Morgan fingerprint density at radius 2 is 2.10 bits per heavy atom. The van der Waals surface area contributed by atoms with E-state index in [0.29, 0.717) is 4.80 Å². The van der Waals surface area contributed by atoms with Crippen molar-refractivity contribution in [2.75, 3.05) is 13.1 Å². The Morgan fingerprint density at radius 3 is 2.81 bits per heavy atom. The SMILES string of the molecule is Cc1cn(-c2cccc(O)c2)c(=NC(=O)N2CCCC2)s1. The second-order valence-electron chi connectivity index (χ2n) is 5.10. The summed E-state index contributed by atoms with van der Waals surface area (Å²) in [6.07, 6.45) is 4.03. The van der Waals surface area contributed by atoms with Crippen molar-refractivity contribution >= 4 is 17.4 Å². The molecule has 1 fully saturated rings. The normalized spacial score (nSPS) is 15.7. The summed E-state index contributed by atoms with van der Waals surface area (Å²) in [7, 11) is 0. The van der Waals surface area contributed by atoms with Gasteiger partial charge in [-0.3, -0.25) is 4.57 Å². The summed E-state index contributed by atoms with van der Waals surface area (Å²) < 4.78 is 1.84. The fourth-order valence-electron chi connectivity index (χ4n) is 2.42. The molecule has 6 heteroatoms. The van der Waals surface area contributed by atoms with Crippen LogP contribution in [-0.4, -0.2) is 33.7 Å². The number of hydrogen-bond acceptors (Lipinski definition) is 3. The smallest absolute Gasteiger partial charge is 0.346 e. The van der Waals surface area contributed by atoms with E-state index in [-0.39, 0.29) is 11.8 Å². The number of benzene rings is 1. The van der Waals surface area contributed by atoms with E-state index in [2.05, 4.69) is 4.99 Å². The van der Waals surface area contributed by atoms with Gasteiger partial charge in [0.1, 0.15) is 5.75 Å². The molecule has 2 heterocycles. The van der Waals surface area contributed by atoms with Gasteiger partial charge in [0.2, 0.25) is 0 Å². The lowest BCUT2D eigenvalue weighted by atomic mass is 10.3. The maximum absolute atomic E-state index is 12.2. The van der Waals surface area contributed by atoms with Crippen LogP contribution in [0.2, 0.25) is 0 Å². The maximum Gasteiger partial charge on any atom is 0.346 e. The first-order chi connectivity index (χ1) is 10.1. The molecule has 1 aliphatic rings. The van der Waals surface area contributed by atoms with E-state index in [1.807, 2.05) is 23.8 Å². The molecule has 0 atom stereocenters. The van der Waals surface area contributed by atoms with Gasteiger partial charge in [0.25, 0.3) is 0 Å². The molecule has 0 saturated carbocycles. The average molecular weight is 303 g/mol. The summed E-state index contributed by atoms with van der Waals surface area (Å²) in [5, 5.41) is 9.61. The fourth-order valence-corrected chi connectivity index (χ4v) is 3.25. The van der Waals surface area contributed by atoms with E-state index in [4.69, 9.17) is 0 Å². The summed E-state index contributed by atoms with van der Waals surface area (Å²) >= 11 is 1.47. The van der Waals surface area contributed by atoms with E-state index in [9.17, 15) is 9.90 Å². The first-order valence-electron chi connectivity index (χ1n) is 6.95. The Balaban J connectivity index is 2.01. The van der Waals surface area contributed by atoms with Crippen molar-refractivity contribution < 1.29 is 9.90 Å². The van der Waals surface area contributed by atoms with Gasteiger partial charge < -0.3 is 10.0 Å². The van der Waals surface area contributed by atoms with Crippen LogP contribution in [0.3, 0.4) is 0 Å². The number of hydrogen-bond donors (Lipinski definition) is 1. The molecule has 3 rings (SSSR count). The standard InChI is InChI=1S/C15H17N3O2S/c1-11-10-18(12-5-4-6-13(19)9-12)15(21-11)16-14(20)17-7-2-3-8-17/h4-6,9-10,19H,2-3,7-8H2,1H3. The highest BCUT2D eigenvalue weighted by atomic mass is 32.1. The highest BCUT2D eigenvalue weighted by molar-refractivity contribution is 7.09. The number of amides is 2. The molecular formula is C15H17N3O2S. The van der Waals surface area contributed by atoms with Crippen LogP contribution in [0, 0.1) is 6.92 Å². The molecule has 1 aromatic heterocycles. The lowest BCUT2D eigenvalue weighted by molar-refractivity contribution is 0.218. The molecular weight excluding hydrogens is 286 g/mol. The van der Waals surface area contributed by atoms with E-state index in [0.717, 1.165) is 36.5 Å². The highest BCUT2D eigenvalue weighted by Crippen LogP contribution is 2.16. The van der Waals surface area contributed by atoms with Gasteiger partial charge in [-0.25, -0.2) is 4.79 Å². The first kappa shape index (κ1) is 13.9. The summed E-state index contributed by atoms with van der Waals surface area (Å²) in [5.41, 5.74) is 0.798. The number of aryl methyl sites for hydroxylation is 1. The molecule has 0 spiro atoms. The van der Waals surface area contributed by atoms with E-state index in [1.165, 1.54) is 11.3 Å². The van der Waals surface area contributed by atoms with Crippen LogP contribution in [-0.2, 0) is 0 Å². The molecule has 21 heavy (non-hydrogen) atoms. The first-order valence-corrected chi connectivity index (χ1v) is 7.77. The number of phenolic OH excluding ortho intramolecular Hbond substituents is 1. The third-order valence-electron chi connectivity index (χ3n) is 3.45. The molecule has 1 aromatic carbocycles. The third-order valence-corrected chi connectivity index (χ3v) is 4.34. The molecule has 5 nitrogen and oxygen atoms in total. The predicted molar refractivity (Wildman–Crippen MR) is 81.8 cm³/mol. The lowest BCUT2D eigenvalue weighted by Crippen LogP contribution is -2.27. The Labute approximate surface area is 126 Å². The molecule has 1 saturated heterocycles. The van der Waals surface area contributed by atoms with Crippen molar-refractivity contribution in [3.05, 3.63) is 40.1 Å². The number of likely N-dealkylation sites (tertiary alicyclic amines) is 1. The van der Waals surface area contributed by atoms with Crippen molar-refractivity contribution in [1.82, 2.24) is 9.47 Å². The zero-order valence-electron chi connectivity index (χ0n) is 11.8. The molecule has 0 bridgehead atoms. The van der Waals surface area contributed by atoms with Crippen molar-refractivity contribution in [3.8, 4) is 11.4 Å². The topological polar surface area (TPSA) is 57.8 Å². The number of rotatable bonds is 1. The largest absolute Gasteiger partial charge is 0.508 e. The summed E-state index contributed by atoms with van der Waals surface area (Å²) in [5.74, 6) is 0.195. The average Bonchev–Trinajstić information content (AvgIpc) is 3.08. The molecule has 1 N–H and O–H groups in total. The van der Waals surface area contributed by atoms with Gasteiger partial charge in [-0.1, -0.05) is 6.07 Å². The molecule has 2 amide bonds. The minimum absolute atomic E-state index is 0.178. The number of carbonyl (C=O) groups is 1. The number of thiazole rings is 1. The van der Waals surface area contributed by atoms with Crippen molar-refractivity contribution in [2.45, 2.75) is 19.8 Å². The Bertz CT molecular complexity index is 727. The molecule has 1 aliphatic heterocycles. The minimum atomic E-state index is -0.178. The Hall–Kier alpha value is -2.08. The van der Waals surface area contributed by atoms with Gasteiger partial charge in [-0.2, -0.15) is 4.99 Å². The van der Waals surface area contributed by atoms with Gasteiger partial charge >= 0.3 is 6.03 Å². The summed E-state index contributed by atoms with van der Waals surface area (Å²) in [6.45, 7) is 3.56. The van der Waals surface area contributed by atoms with Gasteiger partial charge in [-0.05, 0) is 31.9 Å². The zero-order chi connectivity index (χ0) is 14.8. The second kappa shape index (κ2) is 5.73. The second-order valence-corrected chi connectivity index (χ2v) is 6.32. The highest BCUT2D eigenvalue weighted by Gasteiger charge is 2.17.